The molecule has 0 saturated carbocycles. The Kier molecular flexibility index (Phi) is 4.10. The molecule has 4 heteroatoms. The lowest BCUT2D eigenvalue weighted by Crippen LogP contribution is -2.29. The second kappa shape index (κ2) is 5.13. The Hall–Kier alpha value is -1.08. The van der Waals surface area contributed by atoms with E-state index in [0.717, 1.165) is 0 Å². The minimum atomic E-state index is -2.79. The number of rotatable bonds is 5. The summed E-state index contributed by atoms with van der Waals surface area (Å²) in [4.78, 5) is 10.6. The molecule has 1 aromatic rings. The normalized spacial score (nSPS) is 14.5. The van der Waals surface area contributed by atoms with Crippen LogP contribution in [0.4, 0.5) is 0 Å². The van der Waals surface area contributed by atoms with Crippen LogP contribution in [0.2, 0.25) is 0 Å². The van der Waals surface area contributed by atoms with Gasteiger partial charge in [0.05, 0.1) is 0 Å². The predicted octanol–water partition coefficient (Wildman–Crippen LogP) is 0.835. The van der Waals surface area contributed by atoms with Crippen LogP contribution in [0.15, 0.2) is 30.3 Å². The van der Waals surface area contributed by atoms with E-state index in [1.807, 2.05) is 13.0 Å². The fourth-order valence-corrected chi connectivity index (χ4v) is 4.02. The van der Waals surface area contributed by atoms with Gasteiger partial charge in [0.15, 0.2) is 0 Å². The summed E-state index contributed by atoms with van der Waals surface area (Å²) >= 11 is 0. The molecule has 0 aliphatic heterocycles. The first-order valence-corrected chi connectivity index (χ1v) is 7.00. The fraction of sp³-hybridized carbons (Fsp3) is 0.364. The second-order valence-electron chi connectivity index (χ2n) is 3.48. The highest BCUT2D eigenvalue weighted by molar-refractivity contribution is 7.72. The van der Waals surface area contributed by atoms with Crippen LogP contribution in [0.25, 0.3) is 0 Å². The SMILES string of the molecule is CCC[P@](=O)(CC(=O)[O-])c1ccccc1. The average molecular weight is 225 g/mol. The number of hydrogen-bond donors (Lipinski definition) is 0. The van der Waals surface area contributed by atoms with Gasteiger partial charge in [0, 0.05) is 23.6 Å². The molecule has 0 fully saturated rings. The van der Waals surface area contributed by atoms with E-state index in [1.54, 1.807) is 24.3 Å². The van der Waals surface area contributed by atoms with Gasteiger partial charge in [0.1, 0.15) is 7.14 Å². The summed E-state index contributed by atoms with van der Waals surface area (Å²) in [6, 6.07) is 8.80. The quantitative estimate of drug-likeness (QED) is 0.697. The van der Waals surface area contributed by atoms with Crippen molar-refractivity contribution in [1.82, 2.24) is 0 Å². The van der Waals surface area contributed by atoms with Crippen LogP contribution in [0, 0.1) is 0 Å². The first-order chi connectivity index (χ1) is 7.08. The van der Waals surface area contributed by atoms with Crippen molar-refractivity contribution in [3.8, 4) is 0 Å². The summed E-state index contributed by atoms with van der Waals surface area (Å²) in [5.74, 6) is -1.24. The molecule has 0 amide bonds. The van der Waals surface area contributed by atoms with Gasteiger partial charge in [-0.3, -0.25) is 0 Å². The monoisotopic (exact) mass is 225 g/mol. The molecule has 1 aromatic carbocycles. The minimum absolute atomic E-state index is 0.356. The highest BCUT2D eigenvalue weighted by Gasteiger charge is 2.23. The Balaban J connectivity index is 3.01. The first-order valence-electron chi connectivity index (χ1n) is 4.92. The van der Waals surface area contributed by atoms with Gasteiger partial charge in [-0.2, -0.15) is 0 Å². The Morgan fingerprint density at radius 2 is 1.93 bits per heavy atom. The molecule has 0 heterocycles. The summed E-state index contributed by atoms with van der Waals surface area (Å²) in [5.41, 5.74) is 0. The number of carbonyl (C=O) groups excluding carboxylic acids is 1. The number of hydrogen-bond acceptors (Lipinski definition) is 3. The van der Waals surface area contributed by atoms with E-state index in [1.165, 1.54) is 0 Å². The number of carboxylic acid groups (broad SMARTS) is 1. The average Bonchev–Trinajstić information content (AvgIpc) is 2.18. The molecule has 0 saturated heterocycles. The smallest absolute Gasteiger partial charge is 0.121 e. The van der Waals surface area contributed by atoms with E-state index >= 15 is 0 Å². The van der Waals surface area contributed by atoms with Gasteiger partial charge in [-0.1, -0.05) is 37.3 Å². The Bertz CT molecular complexity index is 373. The summed E-state index contributed by atoms with van der Waals surface area (Å²) in [6.45, 7) is 1.89. The molecule has 0 spiro atoms. The van der Waals surface area contributed by atoms with Crippen molar-refractivity contribution in [3.05, 3.63) is 30.3 Å². The maximum atomic E-state index is 12.4. The third kappa shape index (κ3) is 3.21. The molecule has 0 N–H and O–H groups in total. The van der Waals surface area contributed by atoms with Crippen molar-refractivity contribution < 1.29 is 14.5 Å². The zero-order valence-corrected chi connectivity index (χ0v) is 9.57. The number of aliphatic carboxylic acids is 1. The van der Waals surface area contributed by atoms with Crippen molar-refractivity contribution in [2.45, 2.75) is 13.3 Å². The lowest BCUT2D eigenvalue weighted by molar-refractivity contribution is -0.301. The van der Waals surface area contributed by atoms with E-state index in [2.05, 4.69) is 0 Å². The molecular weight excluding hydrogens is 211 g/mol. The molecule has 0 radical (unpaired) electrons. The highest BCUT2D eigenvalue weighted by Crippen LogP contribution is 2.44. The molecular formula is C11H14O3P-. The summed E-state index contributed by atoms with van der Waals surface area (Å²) < 4.78 is 12.4. The van der Waals surface area contributed by atoms with Gasteiger partial charge in [-0.25, -0.2) is 0 Å². The summed E-state index contributed by atoms with van der Waals surface area (Å²) in [6.07, 6.45) is 0.773. The number of carbonyl (C=O) groups is 1. The standard InChI is InChI=1S/C11H15O3P/c1-2-8-15(14,9-11(12)13)10-6-4-3-5-7-10/h3-7H,2,8-9H2,1H3,(H,12,13)/p-1/t15-/m0/s1. The van der Waals surface area contributed by atoms with Crippen molar-refractivity contribution in [1.29, 1.82) is 0 Å². The molecule has 0 aliphatic rings. The molecule has 3 nitrogen and oxygen atoms in total. The van der Waals surface area contributed by atoms with Gasteiger partial charge >= 0.3 is 0 Å². The lowest BCUT2D eigenvalue weighted by atomic mass is 10.4. The van der Waals surface area contributed by atoms with Gasteiger partial charge in [0.2, 0.25) is 0 Å². The Morgan fingerprint density at radius 1 is 1.33 bits per heavy atom. The Labute approximate surface area is 89.5 Å². The van der Waals surface area contributed by atoms with Crippen molar-refractivity contribution in [2.24, 2.45) is 0 Å². The predicted molar refractivity (Wildman–Crippen MR) is 58.7 cm³/mol. The van der Waals surface area contributed by atoms with Crippen molar-refractivity contribution >= 4 is 18.4 Å². The largest absolute Gasteiger partial charge is 0.550 e. The third-order valence-corrected chi connectivity index (χ3v) is 5.37. The van der Waals surface area contributed by atoms with Gasteiger partial charge < -0.3 is 14.5 Å². The van der Waals surface area contributed by atoms with Crippen LogP contribution in [-0.2, 0) is 9.36 Å². The lowest BCUT2D eigenvalue weighted by Gasteiger charge is -2.18. The third-order valence-electron chi connectivity index (χ3n) is 2.20. The number of benzene rings is 1. The molecule has 0 unspecified atom stereocenters. The maximum Gasteiger partial charge on any atom is 0.121 e. The van der Waals surface area contributed by atoms with E-state index in [4.69, 9.17) is 0 Å². The fourth-order valence-electron chi connectivity index (χ4n) is 1.57. The maximum absolute atomic E-state index is 12.4. The van der Waals surface area contributed by atoms with Gasteiger partial charge in [0.25, 0.3) is 0 Å². The number of carboxylic acids is 1. The summed E-state index contributed by atoms with van der Waals surface area (Å²) in [7, 11) is -2.79. The minimum Gasteiger partial charge on any atom is -0.550 e. The molecule has 0 bridgehead atoms. The van der Waals surface area contributed by atoms with Crippen LogP contribution in [0.1, 0.15) is 13.3 Å². The van der Waals surface area contributed by atoms with Crippen LogP contribution >= 0.6 is 7.14 Å². The highest BCUT2D eigenvalue weighted by atomic mass is 31.2. The Morgan fingerprint density at radius 3 is 2.40 bits per heavy atom. The second-order valence-corrected chi connectivity index (χ2v) is 6.54. The molecule has 1 rings (SSSR count). The van der Waals surface area contributed by atoms with Crippen molar-refractivity contribution in [2.75, 3.05) is 12.3 Å². The molecule has 0 aliphatic carbocycles. The molecule has 0 aromatic heterocycles. The molecule has 82 valence electrons. The van der Waals surface area contributed by atoms with E-state index < -0.39 is 13.1 Å². The van der Waals surface area contributed by atoms with Crippen LogP contribution < -0.4 is 10.4 Å². The van der Waals surface area contributed by atoms with Crippen LogP contribution in [0.3, 0.4) is 0 Å². The van der Waals surface area contributed by atoms with E-state index in [0.29, 0.717) is 17.9 Å². The topological polar surface area (TPSA) is 57.2 Å². The van der Waals surface area contributed by atoms with Gasteiger partial charge in [-0.05, 0) is 6.42 Å². The zero-order chi connectivity index (χ0) is 11.3. The van der Waals surface area contributed by atoms with Crippen molar-refractivity contribution in [3.63, 3.8) is 0 Å². The van der Waals surface area contributed by atoms with E-state index in [9.17, 15) is 14.5 Å². The van der Waals surface area contributed by atoms with E-state index in [-0.39, 0.29) is 6.16 Å². The van der Waals surface area contributed by atoms with Crippen LogP contribution in [-0.4, -0.2) is 18.3 Å². The molecule has 15 heavy (non-hydrogen) atoms. The summed E-state index contributed by atoms with van der Waals surface area (Å²) in [5, 5.41) is 11.2. The van der Waals surface area contributed by atoms with Gasteiger partial charge in [-0.15, -0.1) is 0 Å². The first kappa shape index (κ1) is 12.0. The zero-order valence-electron chi connectivity index (χ0n) is 8.68. The molecule has 1 atom stereocenters. The van der Waals surface area contributed by atoms with Crippen LogP contribution in [0.5, 0.6) is 0 Å².